The van der Waals surface area contributed by atoms with Crippen LogP contribution >= 0.6 is 11.6 Å². The number of halogens is 1. The van der Waals surface area contributed by atoms with Crippen LogP contribution in [0.3, 0.4) is 0 Å². The molecule has 0 amide bonds. The lowest BCUT2D eigenvalue weighted by molar-refractivity contribution is -0.0207. The second kappa shape index (κ2) is 5.86. The van der Waals surface area contributed by atoms with Crippen molar-refractivity contribution in [2.24, 2.45) is 0 Å². The van der Waals surface area contributed by atoms with Gasteiger partial charge in [-0.25, -0.2) is 0 Å². The van der Waals surface area contributed by atoms with E-state index >= 15 is 0 Å². The fraction of sp³-hybridized carbons (Fsp3) is 0.294. The average Bonchev–Trinajstić information content (AvgIpc) is 2.42. The minimum atomic E-state index is 0.331. The lowest BCUT2D eigenvalue weighted by atomic mass is 9.77. The maximum Gasteiger partial charge on any atom is 0.0720 e. The Kier molecular flexibility index (Phi) is 3.95. The van der Waals surface area contributed by atoms with Gasteiger partial charge in [0.25, 0.3) is 0 Å². The number of nitrogen functional groups attached to an aromatic ring is 1. The molecule has 0 aliphatic heterocycles. The van der Waals surface area contributed by atoms with Gasteiger partial charge in [0.1, 0.15) is 0 Å². The van der Waals surface area contributed by atoms with E-state index < -0.39 is 0 Å². The Hall–Kier alpha value is -1.51. The molecule has 2 aromatic rings. The van der Waals surface area contributed by atoms with Crippen LogP contribution < -0.4 is 5.73 Å². The second-order valence-corrected chi connectivity index (χ2v) is 5.78. The highest BCUT2D eigenvalue weighted by atomic mass is 35.5. The number of ether oxygens (including phenoxy) is 1. The molecular formula is C17H18ClNO. The first-order valence-electron chi connectivity index (χ1n) is 6.93. The highest BCUT2D eigenvalue weighted by molar-refractivity contribution is 6.31. The van der Waals surface area contributed by atoms with Gasteiger partial charge in [-0.15, -0.1) is 0 Å². The molecule has 2 aromatic carbocycles. The number of nitrogens with two attached hydrogens (primary N) is 1. The van der Waals surface area contributed by atoms with Crippen LogP contribution in [0.1, 0.15) is 29.9 Å². The van der Waals surface area contributed by atoms with Crippen LogP contribution in [0.2, 0.25) is 5.02 Å². The molecule has 0 atom stereocenters. The molecule has 2 nitrogen and oxygen atoms in total. The van der Waals surface area contributed by atoms with Gasteiger partial charge < -0.3 is 10.5 Å². The van der Waals surface area contributed by atoms with Crippen LogP contribution in [0.5, 0.6) is 0 Å². The molecule has 1 aliphatic rings. The maximum absolute atomic E-state index is 6.23. The molecule has 2 N–H and O–H groups in total. The third-order valence-electron chi connectivity index (χ3n) is 3.88. The van der Waals surface area contributed by atoms with E-state index in [1.54, 1.807) is 0 Å². The fourth-order valence-corrected chi connectivity index (χ4v) is 2.89. The molecule has 20 heavy (non-hydrogen) atoms. The maximum atomic E-state index is 6.23. The summed E-state index contributed by atoms with van der Waals surface area (Å²) < 4.78 is 5.91. The van der Waals surface area contributed by atoms with Gasteiger partial charge >= 0.3 is 0 Å². The summed E-state index contributed by atoms with van der Waals surface area (Å²) in [5.41, 5.74) is 8.98. The van der Waals surface area contributed by atoms with Crippen LogP contribution in [-0.2, 0) is 11.3 Å². The summed E-state index contributed by atoms with van der Waals surface area (Å²) in [5, 5.41) is 0.811. The van der Waals surface area contributed by atoms with Crippen LogP contribution in [0.4, 0.5) is 5.69 Å². The zero-order chi connectivity index (χ0) is 13.9. The standard InChI is InChI=1S/C17H18ClNO/c18-17-7-6-14(19)10-16(17)13-8-15(9-13)20-11-12-4-2-1-3-5-12/h1-7,10,13,15H,8-9,11,19H2. The smallest absolute Gasteiger partial charge is 0.0720 e. The quantitative estimate of drug-likeness (QED) is 0.847. The van der Waals surface area contributed by atoms with Gasteiger partial charge in [0.05, 0.1) is 12.7 Å². The number of anilines is 1. The van der Waals surface area contributed by atoms with Crippen molar-refractivity contribution in [3.05, 3.63) is 64.7 Å². The van der Waals surface area contributed by atoms with Crippen molar-refractivity contribution in [3.8, 4) is 0 Å². The van der Waals surface area contributed by atoms with Crippen molar-refractivity contribution in [1.82, 2.24) is 0 Å². The summed E-state index contributed by atoms with van der Waals surface area (Å²) in [4.78, 5) is 0. The van der Waals surface area contributed by atoms with E-state index in [0.29, 0.717) is 18.6 Å². The Morgan fingerprint density at radius 2 is 1.85 bits per heavy atom. The number of benzene rings is 2. The zero-order valence-corrected chi connectivity index (χ0v) is 12.0. The molecule has 0 saturated heterocycles. The van der Waals surface area contributed by atoms with E-state index in [-0.39, 0.29) is 0 Å². The van der Waals surface area contributed by atoms with E-state index in [2.05, 4.69) is 12.1 Å². The third kappa shape index (κ3) is 2.97. The third-order valence-corrected chi connectivity index (χ3v) is 4.23. The van der Waals surface area contributed by atoms with E-state index in [4.69, 9.17) is 22.1 Å². The molecule has 3 rings (SSSR count). The molecule has 0 radical (unpaired) electrons. The van der Waals surface area contributed by atoms with Crippen molar-refractivity contribution >= 4 is 17.3 Å². The first-order chi connectivity index (χ1) is 9.72. The topological polar surface area (TPSA) is 35.2 Å². The first kappa shape index (κ1) is 13.5. The number of hydrogen-bond acceptors (Lipinski definition) is 2. The van der Waals surface area contributed by atoms with Crippen molar-refractivity contribution in [1.29, 1.82) is 0 Å². The molecular weight excluding hydrogens is 270 g/mol. The van der Waals surface area contributed by atoms with Crippen molar-refractivity contribution in [2.45, 2.75) is 31.5 Å². The summed E-state index contributed by atoms with van der Waals surface area (Å²) in [6.45, 7) is 0.683. The molecule has 0 aromatic heterocycles. The molecule has 3 heteroatoms. The van der Waals surface area contributed by atoms with E-state index in [0.717, 1.165) is 29.1 Å². The summed E-state index contributed by atoms with van der Waals surface area (Å²) in [6.07, 6.45) is 2.38. The van der Waals surface area contributed by atoms with Gasteiger partial charge in [-0.3, -0.25) is 0 Å². The Labute approximate surface area is 124 Å². The second-order valence-electron chi connectivity index (χ2n) is 5.37. The Morgan fingerprint density at radius 3 is 2.60 bits per heavy atom. The average molecular weight is 288 g/mol. The van der Waals surface area contributed by atoms with Crippen LogP contribution in [0.25, 0.3) is 0 Å². The van der Waals surface area contributed by atoms with Crippen LogP contribution in [-0.4, -0.2) is 6.10 Å². The minimum Gasteiger partial charge on any atom is -0.399 e. The lowest BCUT2D eigenvalue weighted by Crippen LogP contribution is -2.29. The van der Waals surface area contributed by atoms with Gasteiger partial charge in [-0.1, -0.05) is 41.9 Å². The minimum absolute atomic E-state index is 0.331. The predicted molar refractivity (Wildman–Crippen MR) is 82.9 cm³/mol. The SMILES string of the molecule is Nc1ccc(Cl)c(C2CC(OCc3ccccc3)C2)c1. The molecule has 1 fully saturated rings. The molecule has 1 saturated carbocycles. The zero-order valence-electron chi connectivity index (χ0n) is 11.3. The number of hydrogen-bond donors (Lipinski definition) is 1. The Balaban J connectivity index is 1.53. The van der Waals surface area contributed by atoms with E-state index in [1.165, 1.54) is 5.56 Å². The van der Waals surface area contributed by atoms with Gasteiger partial charge in [-0.2, -0.15) is 0 Å². The van der Waals surface area contributed by atoms with Crippen molar-refractivity contribution in [2.75, 3.05) is 5.73 Å². The summed E-state index contributed by atoms with van der Waals surface area (Å²) in [7, 11) is 0. The van der Waals surface area contributed by atoms with Gasteiger partial charge in [0, 0.05) is 10.7 Å². The highest BCUT2D eigenvalue weighted by Gasteiger charge is 2.32. The summed E-state index contributed by atoms with van der Waals surface area (Å²) in [5.74, 6) is 0.478. The van der Waals surface area contributed by atoms with Crippen LogP contribution in [0, 0.1) is 0 Å². The van der Waals surface area contributed by atoms with E-state index in [9.17, 15) is 0 Å². The summed E-state index contributed by atoms with van der Waals surface area (Å²) in [6, 6.07) is 16.0. The van der Waals surface area contributed by atoms with Crippen molar-refractivity contribution < 1.29 is 4.74 Å². The van der Waals surface area contributed by atoms with E-state index in [1.807, 2.05) is 36.4 Å². The Morgan fingerprint density at radius 1 is 1.10 bits per heavy atom. The molecule has 0 unspecified atom stereocenters. The normalized spacial score (nSPS) is 21.4. The van der Waals surface area contributed by atoms with Crippen molar-refractivity contribution in [3.63, 3.8) is 0 Å². The molecule has 104 valence electrons. The van der Waals surface area contributed by atoms with Gasteiger partial charge in [-0.05, 0) is 48.1 Å². The molecule has 0 spiro atoms. The monoisotopic (exact) mass is 287 g/mol. The predicted octanol–water partition coefficient (Wildman–Crippen LogP) is 4.39. The highest BCUT2D eigenvalue weighted by Crippen LogP contribution is 2.42. The van der Waals surface area contributed by atoms with Gasteiger partial charge in [0.15, 0.2) is 0 Å². The summed E-state index contributed by atoms with van der Waals surface area (Å²) >= 11 is 6.23. The Bertz CT molecular complexity index is 579. The largest absolute Gasteiger partial charge is 0.399 e. The molecule has 1 aliphatic carbocycles. The fourth-order valence-electron chi connectivity index (χ4n) is 2.62. The number of rotatable bonds is 4. The van der Waals surface area contributed by atoms with Gasteiger partial charge in [0.2, 0.25) is 0 Å². The molecule has 0 bridgehead atoms. The lowest BCUT2D eigenvalue weighted by Gasteiger charge is -2.36. The van der Waals surface area contributed by atoms with Crippen LogP contribution in [0.15, 0.2) is 48.5 Å². The first-order valence-corrected chi connectivity index (χ1v) is 7.30. The molecule has 0 heterocycles.